The highest BCUT2D eigenvalue weighted by Crippen LogP contribution is 2.28. The second-order valence-electron chi connectivity index (χ2n) is 5.56. The molecule has 1 aliphatic rings. The fourth-order valence-electron chi connectivity index (χ4n) is 2.71. The van der Waals surface area contributed by atoms with E-state index in [2.05, 4.69) is 11.2 Å². The number of terminal acetylenes is 1. The maximum absolute atomic E-state index is 12.4. The Labute approximate surface area is 140 Å². The monoisotopic (exact) mass is 332 g/mol. The highest BCUT2D eigenvalue weighted by atomic mass is 16.5. The highest BCUT2D eigenvalue weighted by Gasteiger charge is 2.35. The standard InChI is InChI=1S/C17H20N2O5/c1-4-7-24-15-8-11(5-6-14(15)23-3)16(20)18-12-9-13(17(21)22)19(2)10-12/h1,5-6,8,12-13H,7,9-10H2,2-3H3,(H,18,20)(H,21,22)/t12-,13+/m1/s1. The van der Waals surface area contributed by atoms with E-state index in [1.807, 2.05) is 0 Å². The summed E-state index contributed by atoms with van der Waals surface area (Å²) in [6.45, 7) is 0.550. The molecule has 1 aromatic rings. The lowest BCUT2D eigenvalue weighted by Crippen LogP contribution is -2.36. The fourth-order valence-corrected chi connectivity index (χ4v) is 2.71. The Morgan fingerprint density at radius 1 is 1.46 bits per heavy atom. The number of nitrogens with one attached hydrogen (secondary N) is 1. The van der Waals surface area contributed by atoms with Crippen LogP contribution in [-0.4, -0.2) is 61.3 Å². The smallest absolute Gasteiger partial charge is 0.320 e. The van der Waals surface area contributed by atoms with Gasteiger partial charge in [-0.25, -0.2) is 0 Å². The third-order valence-electron chi connectivity index (χ3n) is 3.91. The van der Waals surface area contributed by atoms with Crippen molar-refractivity contribution < 1.29 is 24.2 Å². The lowest BCUT2D eigenvalue weighted by molar-refractivity contribution is -0.141. The molecule has 0 unspecified atom stereocenters. The third kappa shape index (κ3) is 3.97. The van der Waals surface area contributed by atoms with Crippen molar-refractivity contribution in [2.45, 2.75) is 18.5 Å². The van der Waals surface area contributed by atoms with E-state index in [0.717, 1.165) is 0 Å². The van der Waals surface area contributed by atoms with E-state index in [4.69, 9.17) is 21.0 Å². The summed E-state index contributed by atoms with van der Waals surface area (Å²) in [7, 11) is 3.22. The Balaban J connectivity index is 2.07. The number of nitrogens with zero attached hydrogens (tertiary/aromatic N) is 1. The van der Waals surface area contributed by atoms with Crippen molar-refractivity contribution in [3.05, 3.63) is 23.8 Å². The largest absolute Gasteiger partial charge is 0.493 e. The molecular weight excluding hydrogens is 312 g/mol. The van der Waals surface area contributed by atoms with Gasteiger partial charge in [-0.2, -0.15) is 0 Å². The van der Waals surface area contributed by atoms with Crippen molar-refractivity contribution in [2.75, 3.05) is 27.3 Å². The molecule has 1 amide bonds. The Morgan fingerprint density at radius 3 is 2.79 bits per heavy atom. The minimum absolute atomic E-state index is 0.0646. The van der Waals surface area contributed by atoms with Crippen LogP contribution in [0.1, 0.15) is 16.8 Å². The van der Waals surface area contributed by atoms with Crippen LogP contribution in [-0.2, 0) is 4.79 Å². The number of carboxylic acids is 1. The topological polar surface area (TPSA) is 88.1 Å². The molecule has 0 bridgehead atoms. The number of hydrogen-bond acceptors (Lipinski definition) is 5. The van der Waals surface area contributed by atoms with E-state index in [-0.39, 0.29) is 18.6 Å². The van der Waals surface area contributed by atoms with Gasteiger partial charge in [0.1, 0.15) is 12.6 Å². The Morgan fingerprint density at radius 2 is 2.21 bits per heavy atom. The van der Waals surface area contributed by atoms with E-state index >= 15 is 0 Å². The lowest BCUT2D eigenvalue weighted by atomic mass is 10.1. The van der Waals surface area contributed by atoms with Gasteiger partial charge in [0.25, 0.3) is 5.91 Å². The molecule has 7 heteroatoms. The maximum atomic E-state index is 12.4. The first-order chi connectivity index (χ1) is 11.5. The van der Waals surface area contributed by atoms with Crippen LogP contribution in [0, 0.1) is 12.3 Å². The molecule has 0 aliphatic carbocycles. The van der Waals surface area contributed by atoms with Crippen molar-refractivity contribution >= 4 is 11.9 Å². The molecule has 1 aliphatic heterocycles. The van der Waals surface area contributed by atoms with E-state index in [0.29, 0.717) is 30.0 Å². The maximum Gasteiger partial charge on any atom is 0.320 e. The van der Waals surface area contributed by atoms with E-state index in [1.54, 1.807) is 30.1 Å². The van der Waals surface area contributed by atoms with Gasteiger partial charge in [0, 0.05) is 18.2 Å². The summed E-state index contributed by atoms with van der Waals surface area (Å²) in [5.41, 5.74) is 0.393. The number of rotatable bonds is 6. The first kappa shape index (κ1) is 17.6. The summed E-state index contributed by atoms with van der Waals surface area (Å²) in [5.74, 6) is 2.04. The number of amides is 1. The van der Waals surface area contributed by atoms with Crippen molar-refractivity contribution in [1.82, 2.24) is 10.2 Å². The van der Waals surface area contributed by atoms with Crippen molar-refractivity contribution in [2.24, 2.45) is 0 Å². The van der Waals surface area contributed by atoms with Crippen LogP contribution in [0.25, 0.3) is 0 Å². The summed E-state index contributed by atoms with van der Waals surface area (Å²) in [6, 6.07) is 3.99. The molecule has 0 aromatic heterocycles. The fraction of sp³-hybridized carbons (Fsp3) is 0.412. The Bertz CT molecular complexity index is 667. The molecule has 0 saturated carbocycles. The normalized spacial score (nSPS) is 20.2. The average Bonchev–Trinajstić information content (AvgIpc) is 2.93. The van der Waals surface area contributed by atoms with Crippen LogP contribution in [0.4, 0.5) is 0 Å². The van der Waals surface area contributed by atoms with Crippen molar-refractivity contribution in [1.29, 1.82) is 0 Å². The number of benzene rings is 1. The number of likely N-dealkylation sites (tertiary alicyclic amines) is 1. The molecule has 0 spiro atoms. The zero-order chi connectivity index (χ0) is 17.7. The molecule has 1 saturated heterocycles. The number of carbonyl (C=O) groups excluding carboxylic acids is 1. The first-order valence-corrected chi connectivity index (χ1v) is 7.44. The molecule has 2 atom stereocenters. The van der Waals surface area contributed by atoms with E-state index < -0.39 is 12.0 Å². The predicted molar refractivity (Wildman–Crippen MR) is 87.2 cm³/mol. The number of carbonyl (C=O) groups is 2. The summed E-state index contributed by atoms with van der Waals surface area (Å²) in [5, 5.41) is 12.0. The second kappa shape index (κ2) is 7.70. The van der Waals surface area contributed by atoms with Gasteiger partial charge in [-0.05, 0) is 31.7 Å². The number of ether oxygens (including phenoxy) is 2. The molecule has 1 fully saturated rings. The molecule has 2 N–H and O–H groups in total. The van der Waals surface area contributed by atoms with Crippen LogP contribution in [0.5, 0.6) is 11.5 Å². The average molecular weight is 332 g/mol. The van der Waals surface area contributed by atoms with Gasteiger partial charge < -0.3 is 19.9 Å². The molecule has 7 nitrogen and oxygen atoms in total. The summed E-state index contributed by atoms with van der Waals surface area (Å²) >= 11 is 0. The number of likely N-dealkylation sites (N-methyl/N-ethyl adjacent to an activating group) is 1. The number of carboxylic acid groups (broad SMARTS) is 1. The zero-order valence-corrected chi connectivity index (χ0v) is 13.6. The van der Waals surface area contributed by atoms with Gasteiger partial charge in [0.05, 0.1) is 7.11 Å². The van der Waals surface area contributed by atoms with Crippen LogP contribution in [0.3, 0.4) is 0 Å². The summed E-state index contributed by atoms with van der Waals surface area (Å²) in [4.78, 5) is 25.2. The van der Waals surface area contributed by atoms with Crippen molar-refractivity contribution in [3.8, 4) is 23.8 Å². The molecule has 128 valence electrons. The van der Waals surface area contributed by atoms with E-state index in [9.17, 15) is 9.59 Å². The molecule has 1 aromatic carbocycles. The molecular formula is C17H20N2O5. The Hall–Kier alpha value is -2.72. The van der Waals surface area contributed by atoms with Gasteiger partial charge in [0.2, 0.25) is 0 Å². The minimum atomic E-state index is -0.885. The van der Waals surface area contributed by atoms with Gasteiger partial charge in [-0.15, -0.1) is 6.42 Å². The lowest BCUT2D eigenvalue weighted by Gasteiger charge is -2.14. The highest BCUT2D eigenvalue weighted by molar-refractivity contribution is 5.95. The van der Waals surface area contributed by atoms with Gasteiger partial charge in [-0.3, -0.25) is 14.5 Å². The third-order valence-corrected chi connectivity index (χ3v) is 3.91. The second-order valence-corrected chi connectivity index (χ2v) is 5.56. The van der Waals surface area contributed by atoms with Crippen LogP contribution in [0.2, 0.25) is 0 Å². The quantitative estimate of drug-likeness (QED) is 0.742. The van der Waals surface area contributed by atoms with Gasteiger partial charge in [0.15, 0.2) is 11.5 Å². The summed E-state index contributed by atoms with van der Waals surface area (Å²) in [6.07, 6.45) is 5.55. The predicted octanol–water partition coefficient (Wildman–Crippen LogP) is 0.594. The molecule has 24 heavy (non-hydrogen) atoms. The first-order valence-electron chi connectivity index (χ1n) is 7.44. The van der Waals surface area contributed by atoms with Gasteiger partial charge >= 0.3 is 5.97 Å². The van der Waals surface area contributed by atoms with Crippen LogP contribution >= 0.6 is 0 Å². The zero-order valence-electron chi connectivity index (χ0n) is 13.6. The number of hydrogen-bond donors (Lipinski definition) is 2. The minimum Gasteiger partial charge on any atom is -0.493 e. The number of aliphatic carboxylic acids is 1. The SMILES string of the molecule is C#CCOc1cc(C(=O)N[C@@H]2C[C@@H](C(=O)O)N(C)C2)ccc1OC. The van der Waals surface area contributed by atoms with Crippen LogP contribution < -0.4 is 14.8 Å². The van der Waals surface area contributed by atoms with Gasteiger partial charge in [-0.1, -0.05) is 5.92 Å². The Kier molecular flexibility index (Phi) is 5.66. The number of methoxy groups -OCH3 is 1. The van der Waals surface area contributed by atoms with Crippen molar-refractivity contribution in [3.63, 3.8) is 0 Å². The molecule has 0 radical (unpaired) electrons. The van der Waals surface area contributed by atoms with Crippen LogP contribution in [0.15, 0.2) is 18.2 Å². The molecule has 1 heterocycles. The summed E-state index contributed by atoms with van der Waals surface area (Å²) < 4.78 is 10.5. The molecule has 2 rings (SSSR count). The van der Waals surface area contributed by atoms with E-state index in [1.165, 1.54) is 7.11 Å².